The molecular formula is C21H24BrNO3S. The fourth-order valence-electron chi connectivity index (χ4n) is 2.78. The van der Waals surface area contributed by atoms with Gasteiger partial charge in [-0.25, -0.2) is 8.42 Å². The number of aliphatic hydroxyl groups excluding tert-OH is 1. The molecule has 0 unspecified atom stereocenters. The van der Waals surface area contributed by atoms with Gasteiger partial charge in [-0.3, -0.25) is 0 Å². The Kier molecular flexibility index (Phi) is 8.48. The number of hydrogen-bond acceptors (Lipinski definition) is 3. The van der Waals surface area contributed by atoms with Gasteiger partial charge in [0.1, 0.15) is 0 Å². The SMILES string of the molecule is Cc1ccc(S(=O)(=O)N(CCCO)[C@H](C=C=CBr)Cc2ccccc2)cc1. The van der Waals surface area contributed by atoms with E-state index in [-0.39, 0.29) is 18.0 Å². The van der Waals surface area contributed by atoms with E-state index in [0.717, 1.165) is 11.1 Å². The average molecular weight is 450 g/mol. The van der Waals surface area contributed by atoms with E-state index >= 15 is 0 Å². The normalized spacial score (nSPS) is 12.4. The Labute approximate surface area is 170 Å². The maximum absolute atomic E-state index is 13.3. The van der Waals surface area contributed by atoms with Gasteiger partial charge in [-0.1, -0.05) is 64.0 Å². The summed E-state index contributed by atoms with van der Waals surface area (Å²) in [6.07, 6.45) is 2.62. The Morgan fingerprint density at radius 3 is 2.41 bits per heavy atom. The quantitative estimate of drug-likeness (QED) is 0.587. The minimum Gasteiger partial charge on any atom is -0.396 e. The molecule has 0 radical (unpaired) electrons. The molecule has 1 atom stereocenters. The number of benzene rings is 2. The number of nitrogens with zero attached hydrogens (tertiary/aromatic N) is 1. The Balaban J connectivity index is 2.45. The highest BCUT2D eigenvalue weighted by molar-refractivity contribution is 9.11. The highest BCUT2D eigenvalue weighted by atomic mass is 79.9. The van der Waals surface area contributed by atoms with E-state index in [9.17, 15) is 13.5 Å². The van der Waals surface area contributed by atoms with Crippen LogP contribution in [0.5, 0.6) is 0 Å². The van der Waals surface area contributed by atoms with Gasteiger partial charge >= 0.3 is 0 Å². The van der Waals surface area contributed by atoms with Gasteiger partial charge in [0.2, 0.25) is 10.0 Å². The van der Waals surface area contributed by atoms with Crippen molar-refractivity contribution in [3.8, 4) is 0 Å². The molecule has 0 aliphatic rings. The third kappa shape index (κ3) is 6.16. The number of rotatable bonds is 9. The van der Waals surface area contributed by atoms with Crippen LogP contribution >= 0.6 is 15.9 Å². The zero-order chi connectivity index (χ0) is 19.7. The zero-order valence-electron chi connectivity index (χ0n) is 15.3. The van der Waals surface area contributed by atoms with Crippen molar-refractivity contribution in [3.63, 3.8) is 0 Å². The molecule has 1 N–H and O–H groups in total. The molecule has 0 saturated carbocycles. The highest BCUT2D eigenvalue weighted by Gasteiger charge is 2.30. The van der Waals surface area contributed by atoms with Gasteiger partial charge < -0.3 is 5.11 Å². The van der Waals surface area contributed by atoms with Gasteiger partial charge in [0.15, 0.2) is 0 Å². The molecule has 0 saturated heterocycles. The fourth-order valence-corrected chi connectivity index (χ4v) is 4.55. The van der Waals surface area contributed by atoms with E-state index in [1.54, 1.807) is 35.3 Å². The second kappa shape index (κ2) is 10.6. The second-order valence-corrected chi connectivity index (χ2v) is 8.55. The monoisotopic (exact) mass is 449 g/mol. The predicted molar refractivity (Wildman–Crippen MR) is 112 cm³/mol. The smallest absolute Gasteiger partial charge is 0.243 e. The van der Waals surface area contributed by atoms with Gasteiger partial charge in [-0.2, -0.15) is 4.31 Å². The van der Waals surface area contributed by atoms with Crippen molar-refractivity contribution in [2.45, 2.75) is 30.7 Å². The second-order valence-electron chi connectivity index (χ2n) is 6.21. The van der Waals surface area contributed by atoms with Gasteiger partial charge in [-0.05, 0) is 43.5 Å². The molecule has 0 heterocycles. The first-order chi connectivity index (χ1) is 13.0. The molecule has 0 fully saturated rings. The van der Waals surface area contributed by atoms with Crippen LogP contribution in [-0.2, 0) is 16.4 Å². The fraction of sp³-hybridized carbons (Fsp3) is 0.286. The molecule has 2 rings (SSSR count). The maximum atomic E-state index is 13.3. The zero-order valence-corrected chi connectivity index (χ0v) is 17.7. The Bertz CT molecular complexity index is 873. The van der Waals surface area contributed by atoms with Crippen LogP contribution in [0.2, 0.25) is 0 Å². The Morgan fingerprint density at radius 1 is 1.15 bits per heavy atom. The van der Waals surface area contributed by atoms with Crippen LogP contribution in [-0.4, -0.2) is 37.0 Å². The minimum atomic E-state index is -3.72. The highest BCUT2D eigenvalue weighted by Crippen LogP contribution is 2.22. The number of aliphatic hydroxyl groups is 1. The Morgan fingerprint density at radius 2 is 1.81 bits per heavy atom. The molecule has 0 spiro atoms. The summed E-state index contributed by atoms with van der Waals surface area (Å²) in [5.74, 6) is 0. The number of aryl methyl sites for hydroxylation is 1. The van der Waals surface area contributed by atoms with E-state index in [2.05, 4.69) is 21.7 Å². The molecule has 2 aromatic rings. The van der Waals surface area contributed by atoms with Crippen molar-refractivity contribution in [3.05, 3.63) is 82.5 Å². The first kappa shape index (κ1) is 21.6. The van der Waals surface area contributed by atoms with Crippen molar-refractivity contribution in [2.24, 2.45) is 0 Å². The summed E-state index contributed by atoms with van der Waals surface area (Å²) in [5.41, 5.74) is 4.99. The lowest BCUT2D eigenvalue weighted by atomic mass is 10.1. The average Bonchev–Trinajstić information content (AvgIpc) is 2.67. The van der Waals surface area contributed by atoms with Crippen molar-refractivity contribution >= 4 is 26.0 Å². The lowest BCUT2D eigenvalue weighted by Gasteiger charge is -2.29. The van der Waals surface area contributed by atoms with Crippen LogP contribution in [0.4, 0.5) is 0 Å². The first-order valence-corrected chi connectivity index (χ1v) is 11.1. The molecule has 2 aromatic carbocycles. The third-order valence-electron chi connectivity index (χ3n) is 4.17. The van der Waals surface area contributed by atoms with E-state index in [0.29, 0.717) is 12.8 Å². The molecule has 0 aromatic heterocycles. The van der Waals surface area contributed by atoms with Crippen LogP contribution in [0.1, 0.15) is 17.5 Å². The van der Waals surface area contributed by atoms with Crippen LogP contribution in [0.15, 0.2) is 76.3 Å². The largest absolute Gasteiger partial charge is 0.396 e. The van der Waals surface area contributed by atoms with Crippen LogP contribution in [0, 0.1) is 6.92 Å². The molecule has 0 aliphatic heterocycles. The molecular weight excluding hydrogens is 426 g/mol. The van der Waals surface area contributed by atoms with Crippen molar-refractivity contribution in [2.75, 3.05) is 13.2 Å². The standard InChI is InChI=1S/C21H24BrNO3S/c1-18-10-12-21(13-11-18)27(25,26)23(15-6-16-24)20(9-5-14-22)17-19-7-3-2-4-8-19/h2-4,7-14,20,24H,6,15-17H2,1H3/t5?,20-/m1/s1. The predicted octanol–water partition coefficient (Wildman–Crippen LogP) is 4.04. The molecule has 27 heavy (non-hydrogen) atoms. The van der Waals surface area contributed by atoms with E-state index in [4.69, 9.17) is 0 Å². The number of sulfonamides is 1. The molecule has 4 nitrogen and oxygen atoms in total. The summed E-state index contributed by atoms with van der Waals surface area (Å²) >= 11 is 3.19. The van der Waals surface area contributed by atoms with Gasteiger partial charge in [0, 0.05) is 18.1 Å². The molecule has 0 aliphatic carbocycles. The summed E-state index contributed by atoms with van der Waals surface area (Å²) < 4.78 is 28.1. The summed E-state index contributed by atoms with van der Waals surface area (Å²) in [6.45, 7) is 2.07. The van der Waals surface area contributed by atoms with Crippen molar-refractivity contribution in [1.82, 2.24) is 4.31 Å². The van der Waals surface area contributed by atoms with E-state index < -0.39 is 16.1 Å². The number of halogens is 1. The van der Waals surface area contributed by atoms with E-state index in [1.165, 1.54) is 4.31 Å². The Hall–Kier alpha value is -1.69. The van der Waals surface area contributed by atoms with Crippen LogP contribution < -0.4 is 0 Å². The maximum Gasteiger partial charge on any atom is 0.243 e. The summed E-state index contributed by atoms with van der Waals surface area (Å²) in [7, 11) is -3.72. The third-order valence-corrected chi connectivity index (χ3v) is 6.38. The van der Waals surface area contributed by atoms with Gasteiger partial charge in [0.05, 0.1) is 10.9 Å². The van der Waals surface area contributed by atoms with Crippen LogP contribution in [0.3, 0.4) is 0 Å². The minimum absolute atomic E-state index is 0.0734. The molecule has 144 valence electrons. The first-order valence-electron chi connectivity index (χ1n) is 8.73. The van der Waals surface area contributed by atoms with Crippen molar-refractivity contribution < 1.29 is 13.5 Å². The van der Waals surface area contributed by atoms with Crippen LogP contribution in [0.25, 0.3) is 0 Å². The lowest BCUT2D eigenvalue weighted by molar-refractivity contribution is 0.260. The van der Waals surface area contributed by atoms with E-state index in [1.807, 2.05) is 37.3 Å². The van der Waals surface area contributed by atoms with Crippen molar-refractivity contribution in [1.29, 1.82) is 0 Å². The summed E-state index contributed by atoms with van der Waals surface area (Å²) in [5, 5.41) is 9.27. The summed E-state index contributed by atoms with van der Waals surface area (Å²) in [6, 6.07) is 16.2. The lowest BCUT2D eigenvalue weighted by Crippen LogP contribution is -2.41. The topological polar surface area (TPSA) is 57.6 Å². The molecule has 0 amide bonds. The van der Waals surface area contributed by atoms with Gasteiger partial charge in [0.25, 0.3) is 0 Å². The number of hydrogen-bond donors (Lipinski definition) is 1. The van der Waals surface area contributed by atoms with Gasteiger partial charge in [-0.15, -0.1) is 5.73 Å². The summed E-state index contributed by atoms with van der Waals surface area (Å²) in [4.78, 5) is 1.83. The molecule has 6 heteroatoms. The molecule has 0 bridgehead atoms.